The van der Waals surface area contributed by atoms with Crippen molar-refractivity contribution in [1.29, 1.82) is 0 Å². The van der Waals surface area contributed by atoms with Crippen LogP contribution in [-0.4, -0.2) is 6.54 Å². The van der Waals surface area contributed by atoms with Crippen molar-refractivity contribution in [2.75, 3.05) is 6.54 Å². The average Bonchev–Trinajstić information content (AvgIpc) is 3.00. The zero-order valence-corrected chi connectivity index (χ0v) is 13.4. The lowest BCUT2D eigenvalue weighted by Gasteiger charge is -2.28. The molecule has 3 rings (SSSR count). The SMILES string of the molecule is CCNC(CC1CC2CCC1C2)c1ccc(Cl)cc1C. The van der Waals surface area contributed by atoms with Crippen LogP contribution in [0, 0.1) is 24.7 Å². The minimum absolute atomic E-state index is 0.501. The molecule has 1 aromatic carbocycles. The Morgan fingerprint density at radius 2 is 2.15 bits per heavy atom. The van der Waals surface area contributed by atoms with Crippen molar-refractivity contribution in [3.05, 3.63) is 34.3 Å². The molecule has 0 aliphatic heterocycles. The Hall–Kier alpha value is -0.530. The molecule has 0 aromatic heterocycles. The van der Waals surface area contributed by atoms with E-state index in [1.54, 1.807) is 0 Å². The van der Waals surface area contributed by atoms with Crippen molar-refractivity contribution < 1.29 is 0 Å². The van der Waals surface area contributed by atoms with Gasteiger partial charge in [-0.1, -0.05) is 31.0 Å². The maximum absolute atomic E-state index is 6.10. The number of hydrogen-bond acceptors (Lipinski definition) is 1. The molecule has 0 radical (unpaired) electrons. The fraction of sp³-hybridized carbons (Fsp3) is 0.667. The summed E-state index contributed by atoms with van der Waals surface area (Å²) < 4.78 is 0. The number of benzene rings is 1. The first-order chi connectivity index (χ1) is 9.67. The summed E-state index contributed by atoms with van der Waals surface area (Å²) in [4.78, 5) is 0. The van der Waals surface area contributed by atoms with Crippen LogP contribution in [0.5, 0.6) is 0 Å². The van der Waals surface area contributed by atoms with Crippen molar-refractivity contribution in [3.8, 4) is 0 Å². The molecule has 1 aromatic rings. The van der Waals surface area contributed by atoms with Gasteiger partial charge in [-0.2, -0.15) is 0 Å². The van der Waals surface area contributed by atoms with Gasteiger partial charge in [0, 0.05) is 11.1 Å². The molecule has 2 bridgehead atoms. The molecule has 0 saturated heterocycles. The highest BCUT2D eigenvalue weighted by atomic mass is 35.5. The van der Waals surface area contributed by atoms with Crippen LogP contribution in [0.4, 0.5) is 0 Å². The van der Waals surface area contributed by atoms with Crippen LogP contribution >= 0.6 is 11.6 Å². The average molecular weight is 292 g/mol. The van der Waals surface area contributed by atoms with Crippen molar-refractivity contribution in [2.45, 2.75) is 52.0 Å². The van der Waals surface area contributed by atoms with E-state index in [1.807, 2.05) is 6.07 Å². The van der Waals surface area contributed by atoms with E-state index in [0.29, 0.717) is 6.04 Å². The molecule has 0 spiro atoms. The van der Waals surface area contributed by atoms with E-state index in [0.717, 1.165) is 29.3 Å². The van der Waals surface area contributed by atoms with Crippen LogP contribution in [0.25, 0.3) is 0 Å². The van der Waals surface area contributed by atoms with E-state index >= 15 is 0 Å². The van der Waals surface area contributed by atoms with Crippen LogP contribution in [0.15, 0.2) is 18.2 Å². The number of hydrogen-bond donors (Lipinski definition) is 1. The molecule has 4 atom stereocenters. The number of aryl methyl sites for hydroxylation is 1. The van der Waals surface area contributed by atoms with E-state index < -0.39 is 0 Å². The molecular weight excluding hydrogens is 266 g/mol. The third-order valence-corrected chi connectivity index (χ3v) is 5.72. The largest absolute Gasteiger partial charge is 0.310 e. The number of nitrogens with one attached hydrogen (secondary N) is 1. The zero-order chi connectivity index (χ0) is 14.1. The van der Waals surface area contributed by atoms with Crippen LogP contribution < -0.4 is 5.32 Å². The van der Waals surface area contributed by atoms with Crippen molar-refractivity contribution >= 4 is 11.6 Å². The second-order valence-corrected chi connectivity index (χ2v) is 7.22. The quantitative estimate of drug-likeness (QED) is 0.793. The Kier molecular flexibility index (Phi) is 4.37. The summed E-state index contributed by atoms with van der Waals surface area (Å²) in [5.74, 6) is 2.99. The minimum Gasteiger partial charge on any atom is -0.310 e. The van der Waals surface area contributed by atoms with E-state index in [9.17, 15) is 0 Å². The Morgan fingerprint density at radius 3 is 2.75 bits per heavy atom. The van der Waals surface area contributed by atoms with Crippen LogP contribution in [0.1, 0.15) is 56.2 Å². The summed E-state index contributed by atoms with van der Waals surface area (Å²) in [5, 5.41) is 4.55. The molecule has 1 nitrogen and oxygen atoms in total. The van der Waals surface area contributed by atoms with Crippen LogP contribution in [0.2, 0.25) is 5.02 Å². The Morgan fingerprint density at radius 1 is 1.30 bits per heavy atom. The van der Waals surface area contributed by atoms with Crippen LogP contribution in [-0.2, 0) is 0 Å². The molecule has 1 N–H and O–H groups in total. The second kappa shape index (κ2) is 6.07. The van der Waals surface area contributed by atoms with Crippen LogP contribution in [0.3, 0.4) is 0 Å². The van der Waals surface area contributed by atoms with Gasteiger partial charge in [-0.25, -0.2) is 0 Å². The zero-order valence-electron chi connectivity index (χ0n) is 12.7. The van der Waals surface area contributed by atoms with E-state index in [1.165, 1.54) is 43.2 Å². The van der Waals surface area contributed by atoms with Crippen molar-refractivity contribution in [1.82, 2.24) is 5.32 Å². The number of halogens is 1. The van der Waals surface area contributed by atoms with Crippen molar-refractivity contribution in [2.24, 2.45) is 17.8 Å². The van der Waals surface area contributed by atoms with Crippen molar-refractivity contribution in [3.63, 3.8) is 0 Å². The Balaban J connectivity index is 1.75. The topological polar surface area (TPSA) is 12.0 Å². The highest BCUT2D eigenvalue weighted by Crippen LogP contribution is 2.51. The van der Waals surface area contributed by atoms with Gasteiger partial charge >= 0.3 is 0 Å². The fourth-order valence-electron chi connectivity index (χ4n) is 4.56. The number of fused-ring (bicyclic) bond motifs is 2. The molecule has 110 valence electrons. The fourth-order valence-corrected chi connectivity index (χ4v) is 4.79. The predicted octanol–water partition coefficient (Wildman–Crippen LogP) is 5.13. The Labute approximate surface area is 128 Å². The van der Waals surface area contributed by atoms with E-state index in [-0.39, 0.29) is 0 Å². The van der Waals surface area contributed by atoms with Gasteiger partial charge in [-0.15, -0.1) is 0 Å². The standard InChI is InChI=1S/C18H26ClN/c1-3-20-18(17-7-6-16(19)8-12(17)2)11-15-10-13-4-5-14(15)9-13/h6-8,13-15,18,20H,3-5,9-11H2,1-2H3. The maximum Gasteiger partial charge on any atom is 0.0408 e. The van der Waals surface area contributed by atoms with Gasteiger partial charge in [0.25, 0.3) is 0 Å². The third kappa shape index (κ3) is 2.89. The van der Waals surface area contributed by atoms with Gasteiger partial charge in [0.05, 0.1) is 0 Å². The minimum atomic E-state index is 0.501. The van der Waals surface area contributed by atoms with Gasteiger partial charge in [-0.3, -0.25) is 0 Å². The predicted molar refractivity (Wildman–Crippen MR) is 86.2 cm³/mol. The summed E-state index contributed by atoms with van der Waals surface area (Å²) in [7, 11) is 0. The summed E-state index contributed by atoms with van der Waals surface area (Å²) in [6.07, 6.45) is 7.25. The summed E-state index contributed by atoms with van der Waals surface area (Å²) >= 11 is 6.10. The maximum atomic E-state index is 6.10. The first-order valence-corrected chi connectivity index (χ1v) is 8.54. The highest BCUT2D eigenvalue weighted by molar-refractivity contribution is 6.30. The van der Waals surface area contributed by atoms with E-state index in [4.69, 9.17) is 11.6 Å². The molecule has 4 unspecified atom stereocenters. The number of rotatable bonds is 5. The Bertz CT molecular complexity index is 470. The molecule has 2 aliphatic rings. The third-order valence-electron chi connectivity index (χ3n) is 5.48. The second-order valence-electron chi connectivity index (χ2n) is 6.78. The molecule has 0 amide bonds. The summed E-state index contributed by atoms with van der Waals surface area (Å²) in [6, 6.07) is 6.86. The van der Waals surface area contributed by atoms with Gasteiger partial charge in [0.1, 0.15) is 0 Å². The molecule has 20 heavy (non-hydrogen) atoms. The van der Waals surface area contributed by atoms with E-state index in [2.05, 4.69) is 31.3 Å². The lowest BCUT2D eigenvalue weighted by atomic mass is 9.82. The lowest BCUT2D eigenvalue weighted by Crippen LogP contribution is -2.26. The smallest absolute Gasteiger partial charge is 0.0408 e. The van der Waals surface area contributed by atoms with Gasteiger partial charge in [-0.05, 0) is 80.2 Å². The molecule has 0 heterocycles. The normalized spacial score (nSPS) is 29.9. The molecule has 2 saturated carbocycles. The van der Waals surface area contributed by atoms with Gasteiger partial charge in [0.15, 0.2) is 0 Å². The molecular formula is C18H26ClN. The van der Waals surface area contributed by atoms with Gasteiger partial charge < -0.3 is 5.32 Å². The first kappa shape index (κ1) is 14.4. The molecule has 2 aliphatic carbocycles. The summed E-state index contributed by atoms with van der Waals surface area (Å²) in [5.41, 5.74) is 2.77. The molecule has 2 fully saturated rings. The summed E-state index contributed by atoms with van der Waals surface area (Å²) in [6.45, 7) is 5.43. The van der Waals surface area contributed by atoms with Gasteiger partial charge in [0.2, 0.25) is 0 Å². The monoisotopic (exact) mass is 291 g/mol. The highest BCUT2D eigenvalue weighted by Gasteiger charge is 2.40. The lowest BCUT2D eigenvalue weighted by molar-refractivity contribution is 0.280. The molecule has 2 heteroatoms. The first-order valence-electron chi connectivity index (χ1n) is 8.16.